The quantitative estimate of drug-likeness (QED) is 0.732. The van der Waals surface area contributed by atoms with Crippen LogP contribution in [0.3, 0.4) is 0 Å². The summed E-state index contributed by atoms with van der Waals surface area (Å²) in [6.45, 7) is 10.5. The van der Waals surface area contributed by atoms with Crippen molar-refractivity contribution in [3.8, 4) is 0 Å². The molecule has 2 fully saturated rings. The first-order chi connectivity index (χ1) is 14.1. The minimum atomic E-state index is -0.114. The van der Waals surface area contributed by atoms with E-state index in [1.165, 1.54) is 15.9 Å². The molecule has 1 amide bonds. The molecule has 158 valence electrons. The summed E-state index contributed by atoms with van der Waals surface area (Å²) in [6, 6.07) is 1.59. The molecular formula is C20H30N6O2S. The van der Waals surface area contributed by atoms with Gasteiger partial charge in [-0.2, -0.15) is 4.52 Å². The Labute approximate surface area is 175 Å². The van der Waals surface area contributed by atoms with Crippen molar-refractivity contribution in [2.45, 2.75) is 39.5 Å². The van der Waals surface area contributed by atoms with Gasteiger partial charge in [-0.15, -0.1) is 5.10 Å². The van der Waals surface area contributed by atoms with Gasteiger partial charge in [-0.25, -0.2) is 4.98 Å². The van der Waals surface area contributed by atoms with Crippen molar-refractivity contribution in [2.24, 2.45) is 5.92 Å². The molecule has 0 N–H and O–H groups in total. The molecule has 2 saturated heterocycles. The van der Waals surface area contributed by atoms with Crippen molar-refractivity contribution in [2.75, 3.05) is 50.7 Å². The fourth-order valence-electron chi connectivity index (χ4n) is 4.22. The molecule has 0 radical (unpaired) electrons. The molecule has 0 spiro atoms. The summed E-state index contributed by atoms with van der Waals surface area (Å²) in [5.74, 6) is 0.414. The predicted octanol–water partition coefficient (Wildman–Crippen LogP) is 1.48. The van der Waals surface area contributed by atoms with Crippen LogP contribution in [0.4, 0.5) is 5.13 Å². The first-order valence-corrected chi connectivity index (χ1v) is 11.6. The van der Waals surface area contributed by atoms with Gasteiger partial charge in [0.1, 0.15) is 0 Å². The Hall–Kier alpha value is -2.00. The van der Waals surface area contributed by atoms with E-state index >= 15 is 0 Å². The van der Waals surface area contributed by atoms with E-state index in [0.717, 1.165) is 82.3 Å². The van der Waals surface area contributed by atoms with Crippen molar-refractivity contribution in [3.05, 3.63) is 22.1 Å². The molecule has 8 nitrogen and oxygen atoms in total. The molecule has 2 aromatic rings. The van der Waals surface area contributed by atoms with E-state index in [1.807, 2.05) is 4.90 Å². The van der Waals surface area contributed by atoms with E-state index in [2.05, 4.69) is 33.7 Å². The highest BCUT2D eigenvalue weighted by atomic mass is 32.1. The normalized spacial score (nSPS) is 19.2. The van der Waals surface area contributed by atoms with E-state index < -0.39 is 0 Å². The third-order valence-corrected chi connectivity index (χ3v) is 7.01. The monoisotopic (exact) mass is 418 g/mol. The fraction of sp³-hybridized carbons (Fsp3) is 0.700. The Balaban J connectivity index is 1.39. The SMILES string of the molecule is CCCc1cc(=O)n2nc(N3CCC(C(=O)N4CCN(CC)CC4)CC3)sc2n1. The minimum absolute atomic E-state index is 0.103. The molecule has 9 heteroatoms. The van der Waals surface area contributed by atoms with Gasteiger partial charge < -0.3 is 14.7 Å². The third kappa shape index (κ3) is 4.30. The lowest BCUT2D eigenvalue weighted by atomic mass is 9.95. The second kappa shape index (κ2) is 8.79. The maximum atomic E-state index is 12.9. The number of piperazine rings is 1. The van der Waals surface area contributed by atoms with Gasteiger partial charge in [-0.05, 0) is 25.8 Å². The Morgan fingerprint density at radius 3 is 2.52 bits per heavy atom. The molecule has 29 heavy (non-hydrogen) atoms. The van der Waals surface area contributed by atoms with Crippen molar-refractivity contribution in [3.63, 3.8) is 0 Å². The number of nitrogens with zero attached hydrogens (tertiary/aromatic N) is 6. The Kier molecular flexibility index (Phi) is 6.15. The molecule has 0 aromatic carbocycles. The molecule has 0 bridgehead atoms. The Morgan fingerprint density at radius 2 is 1.86 bits per heavy atom. The van der Waals surface area contributed by atoms with Gasteiger partial charge in [0, 0.05) is 56.9 Å². The van der Waals surface area contributed by atoms with Gasteiger partial charge >= 0.3 is 0 Å². The van der Waals surface area contributed by atoms with Gasteiger partial charge in [0.15, 0.2) is 0 Å². The summed E-state index contributed by atoms with van der Waals surface area (Å²) >= 11 is 1.46. The summed E-state index contributed by atoms with van der Waals surface area (Å²) in [6.07, 6.45) is 3.45. The smallest absolute Gasteiger partial charge is 0.275 e. The average Bonchev–Trinajstić information content (AvgIpc) is 3.18. The summed E-state index contributed by atoms with van der Waals surface area (Å²) in [5, 5.41) is 5.32. The molecule has 0 saturated carbocycles. The van der Waals surface area contributed by atoms with Gasteiger partial charge in [-0.1, -0.05) is 31.6 Å². The summed E-state index contributed by atoms with van der Waals surface area (Å²) in [5.41, 5.74) is 0.720. The van der Waals surface area contributed by atoms with Crippen LogP contribution in [0.25, 0.3) is 4.96 Å². The van der Waals surface area contributed by atoms with Crippen molar-refractivity contribution >= 4 is 27.3 Å². The van der Waals surface area contributed by atoms with Crippen LogP contribution in [0.1, 0.15) is 38.8 Å². The van der Waals surface area contributed by atoms with Crippen LogP contribution in [-0.4, -0.2) is 76.1 Å². The Morgan fingerprint density at radius 1 is 1.14 bits per heavy atom. The number of carbonyl (C=O) groups is 1. The first-order valence-electron chi connectivity index (χ1n) is 10.7. The highest BCUT2D eigenvalue weighted by molar-refractivity contribution is 7.20. The van der Waals surface area contributed by atoms with E-state index in [1.54, 1.807) is 6.07 Å². The van der Waals surface area contributed by atoms with Gasteiger partial charge in [0.05, 0.1) is 0 Å². The van der Waals surface area contributed by atoms with Crippen LogP contribution in [0.5, 0.6) is 0 Å². The molecule has 2 aliphatic rings. The number of aryl methyl sites for hydroxylation is 1. The van der Waals surface area contributed by atoms with Gasteiger partial charge in [0.25, 0.3) is 5.56 Å². The first kappa shape index (κ1) is 20.3. The highest BCUT2D eigenvalue weighted by Gasteiger charge is 2.31. The van der Waals surface area contributed by atoms with Crippen molar-refractivity contribution in [1.82, 2.24) is 24.4 Å². The number of aromatic nitrogens is 3. The second-order valence-corrected chi connectivity index (χ2v) is 8.87. The zero-order valence-electron chi connectivity index (χ0n) is 17.3. The number of fused-ring (bicyclic) bond motifs is 1. The van der Waals surface area contributed by atoms with E-state index in [4.69, 9.17) is 0 Å². The topological polar surface area (TPSA) is 74.1 Å². The van der Waals surface area contributed by atoms with Crippen LogP contribution < -0.4 is 10.5 Å². The largest absolute Gasteiger partial charge is 0.347 e. The molecule has 0 atom stereocenters. The van der Waals surface area contributed by atoms with Crippen LogP contribution in [0.2, 0.25) is 0 Å². The predicted molar refractivity (Wildman–Crippen MR) is 115 cm³/mol. The lowest BCUT2D eigenvalue weighted by molar-refractivity contribution is -0.137. The molecular weight excluding hydrogens is 388 g/mol. The summed E-state index contributed by atoms with van der Waals surface area (Å²) in [7, 11) is 0. The van der Waals surface area contributed by atoms with E-state index in [9.17, 15) is 9.59 Å². The van der Waals surface area contributed by atoms with Crippen LogP contribution in [-0.2, 0) is 11.2 Å². The van der Waals surface area contributed by atoms with Crippen LogP contribution >= 0.6 is 11.3 Å². The van der Waals surface area contributed by atoms with Crippen molar-refractivity contribution in [1.29, 1.82) is 0 Å². The molecule has 2 aromatic heterocycles. The number of hydrogen-bond donors (Lipinski definition) is 0. The minimum Gasteiger partial charge on any atom is -0.347 e. The van der Waals surface area contributed by atoms with E-state index in [0.29, 0.717) is 10.9 Å². The van der Waals surface area contributed by atoms with E-state index in [-0.39, 0.29) is 11.5 Å². The molecule has 4 heterocycles. The zero-order chi connectivity index (χ0) is 20.4. The number of rotatable bonds is 5. The number of hydrogen-bond acceptors (Lipinski definition) is 7. The van der Waals surface area contributed by atoms with Gasteiger partial charge in [-0.3, -0.25) is 9.59 Å². The average molecular weight is 419 g/mol. The number of likely N-dealkylation sites (N-methyl/N-ethyl adjacent to an activating group) is 1. The molecule has 4 rings (SSSR count). The van der Waals surface area contributed by atoms with Crippen molar-refractivity contribution < 1.29 is 4.79 Å². The third-order valence-electron chi connectivity index (χ3n) is 6.04. The fourth-order valence-corrected chi connectivity index (χ4v) is 5.20. The Bertz CT molecular complexity index is 909. The number of anilines is 1. The number of piperidine rings is 1. The standard InChI is InChI=1S/C20H30N6O2S/c1-3-5-16-14-17(27)26-19(21-16)29-20(22-26)25-8-6-15(7-9-25)18(28)24-12-10-23(4-2)11-13-24/h14-15H,3-13H2,1-2H3. The van der Waals surface area contributed by atoms with Gasteiger partial charge in [0.2, 0.25) is 16.0 Å². The second-order valence-electron chi connectivity index (χ2n) is 7.94. The lowest BCUT2D eigenvalue weighted by Crippen LogP contribution is -2.51. The van der Waals surface area contributed by atoms with Crippen LogP contribution in [0, 0.1) is 5.92 Å². The highest BCUT2D eigenvalue weighted by Crippen LogP contribution is 2.28. The maximum absolute atomic E-state index is 12.9. The molecule has 0 aliphatic carbocycles. The number of carbonyl (C=O) groups excluding carboxylic acids is 1. The summed E-state index contributed by atoms with van der Waals surface area (Å²) < 4.78 is 1.41. The molecule has 2 aliphatic heterocycles. The maximum Gasteiger partial charge on any atom is 0.275 e. The summed E-state index contributed by atoms with van der Waals surface area (Å²) in [4.78, 5) is 37.1. The van der Waals surface area contributed by atoms with Crippen LogP contribution in [0.15, 0.2) is 10.9 Å². The zero-order valence-corrected chi connectivity index (χ0v) is 18.2. The lowest BCUT2D eigenvalue weighted by Gasteiger charge is -2.38. The number of amides is 1. The molecule has 0 unspecified atom stereocenters.